The summed E-state index contributed by atoms with van der Waals surface area (Å²) in [6.45, 7) is 9.94. The van der Waals surface area contributed by atoms with Crippen LogP contribution in [0.15, 0.2) is 0 Å². The van der Waals surface area contributed by atoms with Crippen molar-refractivity contribution in [3.63, 3.8) is 0 Å². The van der Waals surface area contributed by atoms with E-state index in [1.807, 2.05) is 0 Å². The van der Waals surface area contributed by atoms with Gasteiger partial charge in [-0.15, -0.1) is 0 Å². The van der Waals surface area contributed by atoms with Crippen LogP contribution < -0.4 is 0 Å². The third-order valence-corrected chi connectivity index (χ3v) is 5.14. The van der Waals surface area contributed by atoms with Crippen molar-refractivity contribution in [2.75, 3.05) is 13.1 Å². The molecule has 0 aliphatic carbocycles. The molecule has 3 aliphatic heterocycles. The Morgan fingerprint density at radius 3 is 1.82 bits per heavy atom. The molecule has 0 aromatic carbocycles. The van der Waals surface area contributed by atoms with Crippen LogP contribution in [0.3, 0.4) is 0 Å². The molecular weight excluding hydrogens is 208 g/mol. The molecule has 17 heavy (non-hydrogen) atoms. The van der Waals surface area contributed by atoms with Gasteiger partial charge in [0.25, 0.3) is 0 Å². The Kier molecular flexibility index (Phi) is 2.99. The molecule has 0 aromatic heterocycles. The molecule has 0 saturated carbocycles. The molecule has 0 aromatic rings. The van der Waals surface area contributed by atoms with Crippen molar-refractivity contribution in [1.29, 1.82) is 0 Å². The summed E-state index contributed by atoms with van der Waals surface area (Å²) in [6.07, 6.45) is 8.66. The average molecular weight is 236 g/mol. The number of rotatable bonds is 1. The molecule has 3 rings (SSSR count). The van der Waals surface area contributed by atoms with E-state index in [4.69, 9.17) is 0 Å². The second kappa shape index (κ2) is 4.24. The van der Waals surface area contributed by atoms with E-state index in [1.54, 1.807) is 0 Å². The fraction of sp³-hybridized carbons (Fsp3) is 1.00. The highest BCUT2D eigenvalue weighted by Gasteiger charge is 2.46. The van der Waals surface area contributed by atoms with E-state index in [-0.39, 0.29) is 0 Å². The van der Waals surface area contributed by atoms with E-state index < -0.39 is 0 Å². The first-order valence-corrected chi connectivity index (χ1v) is 7.58. The van der Waals surface area contributed by atoms with Gasteiger partial charge in [-0.3, -0.25) is 4.90 Å². The van der Waals surface area contributed by atoms with Gasteiger partial charge in [0, 0.05) is 23.7 Å². The van der Waals surface area contributed by atoms with Gasteiger partial charge < -0.3 is 4.90 Å². The van der Waals surface area contributed by atoms with Gasteiger partial charge in [0.15, 0.2) is 0 Å². The molecule has 0 amide bonds. The van der Waals surface area contributed by atoms with Gasteiger partial charge in [-0.25, -0.2) is 0 Å². The van der Waals surface area contributed by atoms with Gasteiger partial charge in [0.05, 0.1) is 0 Å². The predicted octanol–water partition coefficient (Wildman–Crippen LogP) is 2.88. The smallest absolute Gasteiger partial charge is 0.0130 e. The van der Waals surface area contributed by atoms with E-state index in [1.165, 1.54) is 51.6 Å². The zero-order valence-corrected chi connectivity index (χ0v) is 11.8. The van der Waals surface area contributed by atoms with E-state index in [0.29, 0.717) is 5.54 Å². The molecule has 3 heterocycles. The number of piperidine rings is 1. The monoisotopic (exact) mass is 236 g/mol. The van der Waals surface area contributed by atoms with E-state index in [2.05, 4.69) is 30.6 Å². The highest BCUT2D eigenvalue weighted by Crippen LogP contribution is 2.42. The lowest BCUT2D eigenvalue weighted by Crippen LogP contribution is -2.56. The van der Waals surface area contributed by atoms with Crippen molar-refractivity contribution in [3.05, 3.63) is 0 Å². The maximum absolute atomic E-state index is 2.83. The summed E-state index contributed by atoms with van der Waals surface area (Å²) in [6, 6.07) is 2.66. The zero-order valence-electron chi connectivity index (χ0n) is 11.8. The highest BCUT2D eigenvalue weighted by atomic mass is 15.3. The molecule has 2 bridgehead atoms. The standard InChI is InChI=1S/C15H28N2/c1-15(2,3)17-12-6-7-13(17)11-14(10-12)16-8-4-5-9-16/h12-14H,4-11H2,1-3H3. The number of likely N-dealkylation sites (tertiary alicyclic amines) is 1. The van der Waals surface area contributed by atoms with Crippen LogP contribution >= 0.6 is 0 Å². The van der Waals surface area contributed by atoms with Crippen LogP contribution in [0.4, 0.5) is 0 Å². The summed E-state index contributed by atoms with van der Waals surface area (Å²) in [5, 5.41) is 0. The summed E-state index contributed by atoms with van der Waals surface area (Å²) in [4.78, 5) is 5.62. The molecule has 3 fully saturated rings. The Morgan fingerprint density at radius 1 is 0.824 bits per heavy atom. The van der Waals surface area contributed by atoms with E-state index >= 15 is 0 Å². The van der Waals surface area contributed by atoms with Crippen LogP contribution in [0.25, 0.3) is 0 Å². The van der Waals surface area contributed by atoms with Gasteiger partial charge in [-0.2, -0.15) is 0 Å². The maximum Gasteiger partial charge on any atom is 0.0130 e. The molecule has 0 radical (unpaired) electrons. The predicted molar refractivity (Wildman–Crippen MR) is 72.2 cm³/mol. The molecule has 2 atom stereocenters. The molecule has 2 heteroatoms. The van der Waals surface area contributed by atoms with Crippen LogP contribution in [-0.4, -0.2) is 46.6 Å². The molecule has 2 unspecified atom stereocenters. The number of nitrogens with zero attached hydrogens (tertiary/aromatic N) is 2. The van der Waals surface area contributed by atoms with Crippen molar-refractivity contribution in [2.45, 2.75) is 83.0 Å². The third-order valence-electron chi connectivity index (χ3n) is 5.14. The first kappa shape index (κ1) is 12.0. The van der Waals surface area contributed by atoms with Gasteiger partial charge in [-0.1, -0.05) is 0 Å². The quantitative estimate of drug-likeness (QED) is 0.691. The summed E-state index contributed by atoms with van der Waals surface area (Å²) in [7, 11) is 0. The molecule has 98 valence electrons. The first-order valence-electron chi connectivity index (χ1n) is 7.58. The second-order valence-electron chi connectivity index (χ2n) is 7.33. The van der Waals surface area contributed by atoms with Gasteiger partial charge >= 0.3 is 0 Å². The SMILES string of the molecule is CC(C)(C)N1C2CCC1CC(N1CCCC1)C2. The van der Waals surface area contributed by atoms with Crippen LogP contribution in [-0.2, 0) is 0 Å². The van der Waals surface area contributed by atoms with Crippen molar-refractivity contribution < 1.29 is 0 Å². The Morgan fingerprint density at radius 2 is 1.35 bits per heavy atom. The number of fused-ring (bicyclic) bond motifs is 2. The number of hydrogen-bond donors (Lipinski definition) is 0. The van der Waals surface area contributed by atoms with Crippen LogP contribution in [0.1, 0.15) is 59.3 Å². The Labute approximate surface area is 106 Å². The lowest BCUT2D eigenvalue weighted by atomic mass is 9.91. The highest BCUT2D eigenvalue weighted by molar-refractivity contribution is 5.02. The van der Waals surface area contributed by atoms with Crippen molar-refractivity contribution >= 4 is 0 Å². The maximum atomic E-state index is 2.83. The van der Waals surface area contributed by atoms with E-state index in [0.717, 1.165) is 18.1 Å². The second-order valence-corrected chi connectivity index (χ2v) is 7.33. The minimum atomic E-state index is 0.377. The van der Waals surface area contributed by atoms with Crippen molar-refractivity contribution in [2.24, 2.45) is 0 Å². The Balaban J connectivity index is 1.70. The molecule has 3 aliphatic rings. The summed E-state index contributed by atoms with van der Waals surface area (Å²) in [5.41, 5.74) is 0.377. The van der Waals surface area contributed by atoms with Crippen LogP contribution in [0.5, 0.6) is 0 Å². The largest absolute Gasteiger partial charge is 0.300 e. The van der Waals surface area contributed by atoms with Gasteiger partial charge in [0.2, 0.25) is 0 Å². The minimum Gasteiger partial charge on any atom is -0.300 e. The van der Waals surface area contributed by atoms with E-state index in [9.17, 15) is 0 Å². The first-order chi connectivity index (χ1) is 8.05. The van der Waals surface area contributed by atoms with Crippen LogP contribution in [0, 0.1) is 0 Å². The Bertz CT molecular complexity index is 261. The summed E-state index contributed by atoms with van der Waals surface area (Å²) >= 11 is 0. The molecular formula is C15H28N2. The van der Waals surface area contributed by atoms with Gasteiger partial charge in [-0.05, 0) is 72.4 Å². The topological polar surface area (TPSA) is 6.48 Å². The summed E-state index contributed by atoms with van der Waals surface area (Å²) in [5.74, 6) is 0. The summed E-state index contributed by atoms with van der Waals surface area (Å²) < 4.78 is 0. The molecule has 2 nitrogen and oxygen atoms in total. The van der Waals surface area contributed by atoms with Crippen molar-refractivity contribution in [3.8, 4) is 0 Å². The fourth-order valence-corrected chi connectivity index (χ4v) is 4.65. The lowest BCUT2D eigenvalue weighted by Gasteiger charge is -2.48. The zero-order chi connectivity index (χ0) is 12.0. The third kappa shape index (κ3) is 2.15. The fourth-order valence-electron chi connectivity index (χ4n) is 4.65. The number of hydrogen-bond acceptors (Lipinski definition) is 2. The molecule has 0 N–H and O–H groups in total. The molecule has 3 saturated heterocycles. The lowest BCUT2D eigenvalue weighted by molar-refractivity contribution is 0.00737. The minimum absolute atomic E-state index is 0.377. The Hall–Kier alpha value is -0.0800. The normalized spacial score (nSPS) is 40.1. The average Bonchev–Trinajstić information content (AvgIpc) is 2.84. The molecule has 0 spiro atoms. The van der Waals surface area contributed by atoms with Crippen molar-refractivity contribution in [1.82, 2.24) is 9.80 Å². The van der Waals surface area contributed by atoms with Gasteiger partial charge in [0.1, 0.15) is 0 Å². The van der Waals surface area contributed by atoms with Crippen LogP contribution in [0.2, 0.25) is 0 Å².